The number of pyridine rings is 1. The fourth-order valence-electron chi connectivity index (χ4n) is 5.33. The average molecular weight is 545 g/mol. The molecule has 1 saturated heterocycles. The highest BCUT2D eigenvalue weighted by Gasteiger charge is 2.48. The molecule has 0 spiro atoms. The third kappa shape index (κ3) is 5.33. The second-order valence-corrected chi connectivity index (χ2v) is 12.1. The summed E-state index contributed by atoms with van der Waals surface area (Å²) in [5.74, 6) is 0.272. The van der Waals surface area contributed by atoms with E-state index in [0.717, 1.165) is 15.9 Å². The molecular formula is C26H36N6O5S. The lowest BCUT2D eigenvalue weighted by Gasteiger charge is -2.32. The van der Waals surface area contributed by atoms with Gasteiger partial charge in [0.1, 0.15) is 22.4 Å². The van der Waals surface area contributed by atoms with Crippen molar-refractivity contribution in [2.75, 3.05) is 30.4 Å². The minimum Gasteiger partial charge on any atom is -0.390 e. The van der Waals surface area contributed by atoms with Crippen molar-refractivity contribution in [2.45, 2.75) is 76.4 Å². The first kappa shape index (κ1) is 27.1. The number of aliphatic hydroxyl groups is 4. The monoisotopic (exact) mass is 544 g/mol. The second-order valence-electron chi connectivity index (χ2n) is 11.0. The van der Waals surface area contributed by atoms with Crippen LogP contribution in [0, 0.1) is 19.8 Å². The van der Waals surface area contributed by atoms with E-state index in [1.807, 2.05) is 19.9 Å². The molecule has 1 saturated carbocycles. The lowest BCUT2D eigenvalue weighted by Crippen LogP contribution is -2.42. The van der Waals surface area contributed by atoms with E-state index in [9.17, 15) is 20.4 Å². The number of nitrogens with zero attached hydrogens (tertiary/aromatic N) is 4. The Morgan fingerprint density at radius 3 is 2.50 bits per heavy atom. The van der Waals surface area contributed by atoms with Crippen molar-refractivity contribution in [3.63, 3.8) is 0 Å². The van der Waals surface area contributed by atoms with Gasteiger partial charge in [0.25, 0.3) is 0 Å². The van der Waals surface area contributed by atoms with Crippen LogP contribution in [0.1, 0.15) is 44.5 Å². The van der Waals surface area contributed by atoms with Crippen LogP contribution in [0.2, 0.25) is 0 Å². The normalized spacial score (nSPS) is 25.6. The Labute approximate surface area is 225 Å². The highest BCUT2D eigenvalue weighted by atomic mass is 32.1. The van der Waals surface area contributed by atoms with Gasteiger partial charge in [0.05, 0.1) is 45.0 Å². The van der Waals surface area contributed by atoms with Crippen LogP contribution in [-0.4, -0.2) is 89.6 Å². The minimum absolute atomic E-state index is 0.270. The molecule has 2 fully saturated rings. The first-order valence-corrected chi connectivity index (χ1v) is 13.8. The molecule has 2 aliphatic rings. The third-order valence-corrected chi connectivity index (χ3v) is 8.74. The summed E-state index contributed by atoms with van der Waals surface area (Å²) < 4.78 is 6.36. The number of aromatic nitrogens is 4. The SMILES string of the molecule is Cc1nc(NCC2(O)CCOCC2)nc(N[C@@H]2C[C@H](C(C)(C)O)[C@@H](O)[C@H]2O)c1-c1nc2c(C)nccc2s1. The van der Waals surface area contributed by atoms with E-state index in [4.69, 9.17) is 14.7 Å². The van der Waals surface area contributed by atoms with E-state index < -0.39 is 35.4 Å². The van der Waals surface area contributed by atoms with E-state index in [-0.39, 0.29) is 6.54 Å². The van der Waals surface area contributed by atoms with E-state index >= 15 is 0 Å². The number of anilines is 2. The Hall–Kier alpha value is -2.48. The molecule has 3 aromatic heterocycles. The van der Waals surface area contributed by atoms with Gasteiger partial charge in [0.2, 0.25) is 5.95 Å². The van der Waals surface area contributed by atoms with Gasteiger partial charge in [-0.1, -0.05) is 0 Å². The highest BCUT2D eigenvalue weighted by Crippen LogP contribution is 2.40. The predicted octanol–water partition coefficient (Wildman–Crippen LogP) is 2.01. The first-order chi connectivity index (χ1) is 17.9. The number of ether oxygens (including phenoxy) is 1. The third-order valence-electron chi connectivity index (χ3n) is 7.70. The molecule has 3 aromatic rings. The summed E-state index contributed by atoms with van der Waals surface area (Å²) in [5.41, 5.74) is 0.911. The number of aryl methyl sites for hydroxylation is 2. The van der Waals surface area contributed by atoms with Gasteiger partial charge < -0.3 is 35.8 Å². The van der Waals surface area contributed by atoms with Gasteiger partial charge in [-0.3, -0.25) is 4.98 Å². The largest absolute Gasteiger partial charge is 0.390 e. The van der Waals surface area contributed by atoms with E-state index in [2.05, 4.69) is 20.6 Å². The summed E-state index contributed by atoms with van der Waals surface area (Å²) in [6.07, 6.45) is 0.951. The molecular weight excluding hydrogens is 508 g/mol. The van der Waals surface area contributed by atoms with Gasteiger partial charge >= 0.3 is 0 Å². The standard InChI is InChI=1S/C26H36N6O5S/c1-13-18(23-31-19-14(2)27-8-5-17(19)38-23)22(30-16-11-15(25(3,4)35)20(33)21(16)34)32-24(29-13)28-12-26(36)6-9-37-10-7-26/h5,8,15-16,20-21,33-36H,6-7,9-12H2,1-4H3,(H2,28,29,30,32)/t15-,16+,20+,21-/m0/s1. The molecule has 5 rings (SSSR count). The smallest absolute Gasteiger partial charge is 0.225 e. The van der Waals surface area contributed by atoms with Crippen molar-refractivity contribution in [1.82, 2.24) is 19.9 Å². The molecule has 4 atom stereocenters. The molecule has 11 nitrogen and oxygen atoms in total. The number of hydrogen-bond acceptors (Lipinski definition) is 12. The van der Waals surface area contributed by atoms with Crippen molar-refractivity contribution >= 4 is 33.3 Å². The Kier molecular flexibility index (Phi) is 7.31. The molecule has 38 heavy (non-hydrogen) atoms. The summed E-state index contributed by atoms with van der Waals surface area (Å²) in [6, 6.07) is 1.36. The zero-order valence-corrected chi connectivity index (χ0v) is 22.9. The number of nitrogens with one attached hydrogen (secondary N) is 2. The average Bonchev–Trinajstić information content (AvgIpc) is 3.40. The lowest BCUT2D eigenvalue weighted by atomic mass is 9.88. The second kappa shape index (κ2) is 10.2. The minimum atomic E-state index is -1.16. The fourth-order valence-corrected chi connectivity index (χ4v) is 6.44. The van der Waals surface area contributed by atoms with Crippen molar-refractivity contribution in [1.29, 1.82) is 0 Å². The van der Waals surface area contributed by atoms with E-state index in [1.54, 1.807) is 20.0 Å². The Morgan fingerprint density at radius 1 is 1.11 bits per heavy atom. The summed E-state index contributed by atoms with van der Waals surface area (Å²) in [4.78, 5) is 18.6. The number of rotatable bonds is 7. The van der Waals surface area contributed by atoms with Crippen molar-refractivity contribution in [3.05, 3.63) is 23.7 Å². The topological polar surface area (TPSA) is 166 Å². The van der Waals surface area contributed by atoms with Gasteiger partial charge in [-0.15, -0.1) is 11.3 Å². The van der Waals surface area contributed by atoms with Gasteiger partial charge in [-0.2, -0.15) is 4.98 Å². The Balaban J connectivity index is 1.51. The maximum Gasteiger partial charge on any atom is 0.225 e. The number of aliphatic hydroxyl groups excluding tert-OH is 2. The number of fused-ring (bicyclic) bond motifs is 1. The van der Waals surface area contributed by atoms with Crippen molar-refractivity contribution in [3.8, 4) is 10.6 Å². The molecule has 0 unspecified atom stereocenters. The summed E-state index contributed by atoms with van der Waals surface area (Å²) in [6.45, 7) is 8.32. The zero-order valence-electron chi connectivity index (χ0n) is 22.1. The van der Waals surface area contributed by atoms with Crippen LogP contribution in [0.5, 0.6) is 0 Å². The van der Waals surface area contributed by atoms with E-state index in [0.29, 0.717) is 60.5 Å². The highest BCUT2D eigenvalue weighted by molar-refractivity contribution is 7.21. The maximum atomic E-state index is 10.9. The number of thiazole rings is 1. The van der Waals surface area contributed by atoms with Crippen molar-refractivity contribution < 1.29 is 25.2 Å². The molecule has 0 radical (unpaired) electrons. The summed E-state index contributed by atoms with van der Waals surface area (Å²) >= 11 is 1.50. The molecule has 12 heteroatoms. The van der Waals surface area contributed by atoms with Crippen molar-refractivity contribution in [2.24, 2.45) is 5.92 Å². The number of hydrogen-bond donors (Lipinski definition) is 6. The predicted molar refractivity (Wildman–Crippen MR) is 145 cm³/mol. The van der Waals surface area contributed by atoms with Crippen LogP contribution in [0.25, 0.3) is 20.8 Å². The van der Waals surface area contributed by atoms with Crippen LogP contribution < -0.4 is 10.6 Å². The van der Waals surface area contributed by atoms with E-state index in [1.165, 1.54) is 11.3 Å². The van der Waals surface area contributed by atoms with Crippen LogP contribution >= 0.6 is 11.3 Å². The van der Waals surface area contributed by atoms with Gasteiger partial charge in [-0.05, 0) is 40.2 Å². The first-order valence-electron chi connectivity index (χ1n) is 13.0. The van der Waals surface area contributed by atoms with Gasteiger partial charge in [-0.25, -0.2) is 9.97 Å². The molecule has 1 aliphatic carbocycles. The summed E-state index contributed by atoms with van der Waals surface area (Å²) in [7, 11) is 0. The van der Waals surface area contributed by atoms with Gasteiger partial charge in [0.15, 0.2) is 0 Å². The molecule has 4 heterocycles. The Bertz CT molecular complexity index is 1310. The summed E-state index contributed by atoms with van der Waals surface area (Å²) in [5, 5.41) is 50.2. The van der Waals surface area contributed by atoms with Gasteiger partial charge in [0, 0.05) is 44.7 Å². The molecule has 0 bridgehead atoms. The van der Waals surface area contributed by atoms with Crippen LogP contribution in [0.15, 0.2) is 12.3 Å². The molecule has 206 valence electrons. The molecule has 0 amide bonds. The quantitative estimate of drug-likeness (QED) is 0.258. The Morgan fingerprint density at radius 2 is 1.84 bits per heavy atom. The molecule has 0 aromatic carbocycles. The molecule has 6 N–H and O–H groups in total. The fraction of sp³-hybridized carbons (Fsp3) is 0.615. The molecule has 1 aliphatic heterocycles. The van der Waals surface area contributed by atoms with Crippen LogP contribution in [0.4, 0.5) is 11.8 Å². The lowest BCUT2D eigenvalue weighted by molar-refractivity contribution is -0.0601. The van der Waals surface area contributed by atoms with Crippen LogP contribution in [0.3, 0.4) is 0 Å². The van der Waals surface area contributed by atoms with Crippen LogP contribution in [-0.2, 0) is 4.74 Å². The maximum absolute atomic E-state index is 10.9. The zero-order chi connectivity index (χ0) is 27.2.